The molecule has 9 aromatic rings. The summed E-state index contributed by atoms with van der Waals surface area (Å²) in [5.74, 6) is 2.00. The first kappa shape index (κ1) is 26.7. The van der Waals surface area contributed by atoms with Crippen molar-refractivity contribution in [1.82, 2.24) is 4.57 Å². The predicted molar refractivity (Wildman–Crippen MR) is 202 cm³/mol. The van der Waals surface area contributed by atoms with Crippen LogP contribution in [0.15, 0.2) is 170 Å². The Morgan fingerprint density at radius 2 is 1.14 bits per heavy atom. The molecule has 1 aromatic heterocycles. The molecule has 1 aliphatic heterocycles. The standard InChI is InChI=1S/C47H29NO/c1-3-12-29(13-4-1)45-34-17-7-8-18-35(34)46-36-19-11-21-44-47(36)39(28-40(45)46)38-27-31(23-25-43(38)49-44)30-22-24-42-37(26-30)33-16-9-10-20-41(33)48(42)32-14-5-2-6-15-32/h1-28,45H. The number of para-hydroxylation sites is 2. The Bertz CT molecular complexity index is 2790. The van der Waals surface area contributed by atoms with E-state index in [9.17, 15) is 0 Å². The molecule has 49 heavy (non-hydrogen) atoms. The molecule has 228 valence electrons. The second kappa shape index (κ2) is 10.1. The van der Waals surface area contributed by atoms with Gasteiger partial charge < -0.3 is 9.30 Å². The zero-order valence-corrected chi connectivity index (χ0v) is 26.6. The van der Waals surface area contributed by atoms with E-state index in [2.05, 4.69) is 174 Å². The fourth-order valence-electron chi connectivity index (χ4n) is 8.58. The van der Waals surface area contributed by atoms with E-state index < -0.39 is 0 Å². The normalized spacial score (nSPS) is 14.1. The second-order valence-corrected chi connectivity index (χ2v) is 13.2. The van der Waals surface area contributed by atoms with Crippen LogP contribution < -0.4 is 4.74 Å². The van der Waals surface area contributed by atoms with Crippen molar-refractivity contribution in [3.63, 3.8) is 0 Å². The van der Waals surface area contributed by atoms with Crippen molar-refractivity contribution in [1.29, 1.82) is 0 Å². The van der Waals surface area contributed by atoms with Crippen LogP contribution in [0.2, 0.25) is 0 Å². The minimum Gasteiger partial charge on any atom is -0.456 e. The van der Waals surface area contributed by atoms with E-state index in [1.54, 1.807) is 0 Å². The van der Waals surface area contributed by atoms with Gasteiger partial charge in [0.25, 0.3) is 0 Å². The average molecular weight is 624 g/mol. The largest absolute Gasteiger partial charge is 0.456 e. The molecule has 0 bridgehead atoms. The summed E-state index contributed by atoms with van der Waals surface area (Å²) >= 11 is 0. The van der Waals surface area contributed by atoms with Crippen molar-refractivity contribution in [3.05, 3.63) is 187 Å². The van der Waals surface area contributed by atoms with Crippen molar-refractivity contribution in [2.75, 3.05) is 0 Å². The lowest BCUT2D eigenvalue weighted by molar-refractivity contribution is 0.487. The molecule has 11 rings (SSSR count). The minimum atomic E-state index is 0.176. The zero-order valence-electron chi connectivity index (χ0n) is 26.6. The summed E-state index contributed by atoms with van der Waals surface area (Å²) < 4.78 is 9.05. The number of fused-ring (bicyclic) bond motifs is 9. The quantitative estimate of drug-likeness (QED) is 0.191. The number of hydrogen-bond donors (Lipinski definition) is 0. The lowest BCUT2D eigenvalue weighted by Gasteiger charge is -2.24. The van der Waals surface area contributed by atoms with E-state index >= 15 is 0 Å². The molecule has 2 heteroatoms. The monoisotopic (exact) mass is 623 g/mol. The van der Waals surface area contributed by atoms with Gasteiger partial charge in [0.1, 0.15) is 11.5 Å². The van der Waals surface area contributed by atoms with Gasteiger partial charge >= 0.3 is 0 Å². The van der Waals surface area contributed by atoms with Gasteiger partial charge in [0.2, 0.25) is 0 Å². The van der Waals surface area contributed by atoms with Crippen LogP contribution in [-0.2, 0) is 0 Å². The predicted octanol–water partition coefficient (Wildman–Crippen LogP) is 12.5. The Kier molecular flexibility index (Phi) is 5.47. The van der Waals surface area contributed by atoms with Crippen LogP contribution in [0.3, 0.4) is 0 Å². The van der Waals surface area contributed by atoms with Gasteiger partial charge in [-0.2, -0.15) is 0 Å². The number of aromatic nitrogens is 1. The molecule has 0 radical (unpaired) electrons. The summed E-state index contributed by atoms with van der Waals surface area (Å²) in [6.07, 6.45) is 0. The van der Waals surface area contributed by atoms with Gasteiger partial charge in [-0.25, -0.2) is 0 Å². The number of benzene rings is 8. The number of nitrogens with zero attached hydrogens (tertiary/aromatic N) is 1. The number of rotatable bonds is 3. The van der Waals surface area contributed by atoms with Gasteiger partial charge in [-0.1, -0.05) is 115 Å². The molecule has 2 aliphatic rings. The molecule has 0 saturated carbocycles. The summed E-state index contributed by atoms with van der Waals surface area (Å²) in [6, 6.07) is 61.8. The fraction of sp³-hybridized carbons (Fsp3) is 0.0213. The Balaban J connectivity index is 1.13. The maximum atomic E-state index is 6.68. The first-order chi connectivity index (χ1) is 24.3. The van der Waals surface area contributed by atoms with Gasteiger partial charge in [0.05, 0.1) is 11.0 Å². The van der Waals surface area contributed by atoms with Crippen molar-refractivity contribution in [2.24, 2.45) is 0 Å². The fourth-order valence-corrected chi connectivity index (χ4v) is 8.58. The Morgan fingerprint density at radius 3 is 2.04 bits per heavy atom. The molecule has 8 aromatic carbocycles. The van der Waals surface area contributed by atoms with Gasteiger partial charge in [-0.15, -0.1) is 0 Å². The van der Waals surface area contributed by atoms with Crippen LogP contribution in [0, 0.1) is 0 Å². The van der Waals surface area contributed by atoms with E-state index in [1.165, 1.54) is 82.8 Å². The highest BCUT2D eigenvalue weighted by Crippen LogP contribution is 2.56. The first-order valence-electron chi connectivity index (χ1n) is 17.0. The third-order valence-electron chi connectivity index (χ3n) is 10.6. The van der Waals surface area contributed by atoms with E-state index in [0.717, 1.165) is 17.1 Å². The lowest BCUT2D eigenvalue weighted by atomic mass is 9.84. The highest BCUT2D eigenvalue weighted by atomic mass is 16.5. The van der Waals surface area contributed by atoms with E-state index in [1.807, 2.05) is 0 Å². The van der Waals surface area contributed by atoms with Crippen LogP contribution >= 0.6 is 0 Å². The first-order valence-corrected chi connectivity index (χ1v) is 17.0. The van der Waals surface area contributed by atoms with E-state index in [4.69, 9.17) is 4.74 Å². The van der Waals surface area contributed by atoms with E-state index in [0.29, 0.717) is 0 Å². The maximum Gasteiger partial charge on any atom is 0.135 e. The summed E-state index contributed by atoms with van der Waals surface area (Å²) in [6.45, 7) is 0. The Labute approximate surface area is 284 Å². The van der Waals surface area contributed by atoms with Gasteiger partial charge in [-0.05, 0) is 104 Å². The zero-order chi connectivity index (χ0) is 32.1. The highest BCUT2D eigenvalue weighted by Gasteiger charge is 2.34. The molecule has 0 amide bonds. The van der Waals surface area contributed by atoms with Crippen LogP contribution in [0.25, 0.3) is 71.6 Å². The third-order valence-corrected chi connectivity index (χ3v) is 10.6. The molecule has 2 nitrogen and oxygen atoms in total. The Morgan fingerprint density at radius 1 is 0.429 bits per heavy atom. The summed E-state index contributed by atoms with van der Waals surface area (Å²) in [5.41, 5.74) is 15.0. The van der Waals surface area contributed by atoms with Crippen LogP contribution in [0.1, 0.15) is 22.6 Å². The molecule has 0 saturated heterocycles. The number of hydrogen-bond acceptors (Lipinski definition) is 1. The van der Waals surface area contributed by atoms with Gasteiger partial charge in [-0.3, -0.25) is 0 Å². The molecule has 0 fully saturated rings. The molecular weight excluding hydrogens is 595 g/mol. The maximum absolute atomic E-state index is 6.68. The van der Waals surface area contributed by atoms with Crippen molar-refractivity contribution >= 4 is 32.6 Å². The topological polar surface area (TPSA) is 14.2 Å². The minimum absolute atomic E-state index is 0.176. The molecule has 2 heterocycles. The second-order valence-electron chi connectivity index (χ2n) is 13.2. The average Bonchev–Trinajstić information content (AvgIpc) is 3.68. The molecule has 1 unspecified atom stereocenters. The molecule has 0 N–H and O–H groups in total. The molecule has 0 spiro atoms. The number of ether oxygens (including phenoxy) is 1. The summed E-state index contributed by atoms with van der Waals surface area (Å²) in [4.78, 5) is 0. The van der Waals surface area contributed by atoms with Gasteiger partial charge in [0.15, 0.2) is 0 Å². The van der Waals surface area contributed by atoms with Gasteiger partial charge in [0, 0.05) is 33.3 Å². The highest BCUT2D eigenvalue weighted by molar-refractivity contribution is 6.14. The van der Waals surface area contributed by atoms with E-state index in [-0.39, 0.29) is 5.92 Å². The van der Waals surface area contributed by atoms with Crippen LogP contribution in [0.4, 0.5) is 0 Å². The SMILES string of the molecule is c1ccc(C2c3ccccc3-c3c2cc2c4c(cccc34)Oc3ccc(-c4ccc5c(c4)c4ccccc4n5-c4ccccc4)cc3-2)cc1. The van der Waals surface area contributed by atoms with Crippen molar-refractivity contribution in [2.45, 2.75) is 5.92 Å². The smallest absolute Gasteiger partial charge is 0.135 e. The summed E-state index contributed by atoms with van der Waals surface area (Å²) in [5, 5.41) is 4.95. The molecule has 1 aliphatic carbocycles. The third kappa shape index (κ3) is 3.77. The Hall–Kier alpha value is -6.38. The van der Waals surface area contributed by atoms with Crippen molar-refractivity contribution < 1.29 is 4.74 Å². The van der Waals surface area contributed by atoms with Crippen LogP contribution in [-0.4, -0.2) is 4.57 Å². The molecule has 1 atom stereocenters. The summed E-state index contributed by atoms with van der Waals surface area (Å²) in [7, 11) is 0. The molecular formula is C47H29NO. The van der Waals surface area contributed by atoms with Crippen molar-refractivity contribution in [3.8, 4) is 50.6 Å². The lowest BCUT2D eigenvalue weighted by Crippen LogP contribution is -2.02. The van der Waals surface area contributed by atoms with Crippen LogP contribution in [0.5, 0.6) is 11.5 Å².